The zero-order chi connectivity index (χ0) is 13.1. The molecule has 0 spiro atoms. The van der Waals surface area contributed by atoms with Crippen molar-refractivity contribution in [1.82, 2.24) is 5.43 Å². The standard InChI is InChI=1S/C14H17BrN2S/c1-9-3-4-11(5-10(9)2)6-14(17-16)12-7-18-8-13(12)15/h3-5,7-8,14,17H,6,16H2,1-2H3. The third kappa shape index (κ3) is 3.01. The quantitative estimate of drug-likeness (QED) is 0.661. The summed E-state index contributed by atoms with van der Waals surface area (Å²) in [5.41, 5.74) is 8.09. The Hall–Kier alpha value is -0.680. The lowest BCUT2D eigenvalue weighted by molar-refractivity contribution is 0.551. The van der Waals surface area contributed by atoms with Gasteiger partial charge in [-0.15, -0.1) is 0 Å². The van der Waals surface area contributed by atoms with E-state index in [1.807, 2.05) is 0 Å². The van der Waals surface area contributed by atoms with Gasteiger partial charge in [-0.25, -0.2) is 0 Å². The number of benzene rings is 1. The molecular weight excluding hydrogens is 308 g/mol. The van der Waals surface area contributed by atoms with Gasteiger partial charge in [0.25, 0.3) is 0 Å². The van der Waals surface area contributed by atoms with Crippen molar-refractivity contribution < 1.29 is 0 Å². The number of rotatable bonds is 4. The van der Waals surface area contributed by atoms with Crippen LogP contribution in [0.2, 0.25) is 0 Å². The number of nitrogens with two attached hydrogens (primary N) is 1. The summed E-state index contributed by atoms with van der Waals surface area (Å²) in [6, 6.07) is 6.72. The number of nitrogens with one attached hydrogen (secondary N) is 1. The summed E-state index contributed by atoms with van der Waals surface area (Å²) in [4.78, 5) is 0. The Balaban J connectivity index is 2.20. The monoisotopic (exact) mass is 324 g/mol. The predicted molar refractivity (Wildman–Crippen MR) is 81.7 cm³/mol. The topological polar surface area (TPSA) is 38.0 Å². The van der Waals surface area contributed by atoms with Crippen molar-refractivity contribution in [2.75, 3.05) is 0 Å². The first kappa shape index (κ1) is 13.7. The normalized spacial score (nSPS) is 12.7. The fourth-order valence-corrected chi connectivity index (χ4v) is 3.59. The Morgan fingerprint density at radius 1 is 1.28 bits per heavy atom. The number of hydrazine groups is 1. The van der Waals surface area contributed by atoms with E-state index in [2.05, 4.69) is 64.2 Å². The lowest BCUT2D eigenvalue weighted by Gasteiger charge is -2.16. The molecule has 0 saturated carbocycles. The van der Waals surface area contributed by atoms with Crippen LogP contribution >= 0.6 is 27.3 Å². The highest BCUT2D eigenvalue weighted by Gasteiger charge is 2.14. The molecule has 1 heterocycles. The number of aryl methyl sites for hydroxylation is 2. The molecule has 0 saturated heterocycles. The fraction of sp³-hybridized carbons (Fsp3) is 0.286. The molecule has 1 unspecified atom stereocenters. The minimum absolute atomic E-state index is 0.146. The summed E-state index contributed by atoms with van der Waals surface area (Å²) >= 11 is 5.25. The average molecular weight is 325 g/mol. The van der Waals surface area contributed by atoms with Gasteiger partial charge in [-0.05, 0) is 63.8 Å². The molecule has 0 aliphatic heterocycles. The van der Waals surface area contributed by atoms with Crippen molar-refractivity contribution in [3.63, 3.8) is 0 Å². The minimum atomic E-state index is 0.146. The fourth-order valence-electron chi connectivity index (χ4n) is 1.96. The van der Waals surface area contributed by atoms with E-state index >= 15 is 0 Å². The van der Waals surface area contributed by atoms with Gasteiger partial charge in [-0.3, -0.25) is 11.3 Å². The van der Waals surface area contributed by atoms with Crippen molar-refractivity contribution in [3.8, 4) is 0 Å². The second-order valence-electron chi connectivity index (χ2n) is 4.52. The summed E-state index contributed by atoms with van der Waals surface area (Å²) in [7, 11) is 0. The van der Waals surface area contributed by atoms with Gasteiger partial charge in [-0.1, -0.05) is 18.2 Å². The van der Waals surface area contributed by atoms with Crippen molar-refractivity contribution in [2.45, 2.75) is 26.3 Å². The van der Waals surface area contributed by atoms with Crippen molar-refractivity contribution in [1.29, 1.82) is 0 Å². The molecule has 3 N–H and O–H groups in total. The van der Waals surface area contributed by atoms with Crippen molar-refractivity contribution >= 4 is 27.3 Å². The summed E-state index contributed by atoms with van der Waals surface area (Å²) in [6.45, 7) is 4.28. The van der Waals surface area contributed by atoms with Crippen LogP contribution < -0.4 is 11.3 Å². The van der Waals surface area contributed by atoms with Crippen LogP contribution in [0, 0.1) is 13.8 Å². The minimum Gasteiger partial charge on any atom is -0.271 e. The maximum atomic E-state index is 5.68. The third-order valence-electron chi connectivity index (χ3n) is 3.23. The molecular formula is C14H17BrN2S. The SMILES string of the molecule is Cc1ccc(CC(NN)c2cscc2Br)cc1C. The third-order valence-corrected chi connectivity index (χ3v) is 4.98. The van der Waals surface area contributed by atoms with E-state index in [1.165, 1.54) is 22.3 Å². The zero-order valence-corrected chi connectivity index (χ0v) is 12.9. The van der Waals surface area contributed by atoms with Crippen molar-refractivity contribution in [3.05, 3.63) is 55.7 Å². The first-order chi connectivity index (χ1) is 8.61. The highest BCUT2D eigenvalue weighted by atomic mass is 79.9. The van der Waals surface area contributed by atoms with E-state index in [1.54, 1.807) is 11.3 Å². The van der Waals surface area contributed by atoms with Gasteiger partial charge in [0, 0.05) is 9.85 Å². The Morgan fingerprint density at radius 2 is 2.06 bits per heavy atom. The molecule has 2 aromatic rings. The maximum Gasteiger partial charge on any atom is 0.0519 e. The Kier molecular flexibility index (Phi) is 4.56. The van der Waals surface area contributed by atoms with Crippen LogP contribution in [0.25, 0.3) is 0 Å². The van der Waals surface area contributed by atoms with Crippen LogP contribution in [-0.4, -0.2) is 0 Å². The van der Waals surface area contributed by atoms with E-state index < -0.39 is 0 Å². The Labute approximate surface area is 120 Å². The first-order valence-corrected chi connectivity index (χ1v) is 7.59. The van der Waals surface area contributed by atoms with Gasteiger partial charge in [0.15, 0.2) is 0 Å². The van der Waals surface area contributed by atoms with Gasteiger partial charge < -0.3 is 0 Å². The zero-order valence-electron chi connectivity index (χ0n) is 10.5. The Bertz CT molecular complexity index is 536. The van der Waals surface area contributed by atoms with Crippen LogP contribution in [0.3, 0.4) is 0 Å². The lowest BCUT2D eigenvalue weighted by atomic mass is 9.98. The molecule has 4 heteroatoms. The molecule has 2 nitrogen and oxygen atoms in total. The molecule has 2 rings (SSSR count). The van der Waals surface area contributed by atoms with Crippen LogP contribution in [0.15, 0.2) is 33.4 Å². The van der Waals surface area contributed by atoms with E-state index in [4.69, 9.17) is 5.84 Å². The molecule has 96 valence electrons. The average Bonchev–Trinajstić information content (AvgIpc) is 2.77. The summed E-state index contributed by atoms with van der Waals surface area (Å²) in [6.07, 6.45) is 0.896. The van der Waals surface area contributed by atoms with Crippen LogP contribution in [0.5, 0.6) is 0 Å². The van der Waals surface area contributed by atoms with E-state index in [-0.39, 0.29) is 6.04 Å². The van der Waals surface area contributed by atoms with Gasteiger partial charge in [0.05, 0.1) is 6.04 Å². The molecule has 0 bridgehead atoms. The molecule has 0 radical (unpaired) electrons. The molecule has 1 aromatic carbocycles. The summed E-state index contributed by atoms with van der Waals surface area (Å²) in [5, 5.41) is 4.22. The van der Waals surface area contributed by atoms with Gasteiger partial charge in [0.2, 0.25) is 0 Å². The molecule has 1 aromatic heterocycles. The molecule has 18 heavy (non-hydrogen) atoms. The second kappa shape index (κ2) is 5.97. The second-order valence-corrected chi connectivity index (χ2v) is 6.11. The molecule has 0 fully saturated rings. The maximum absolute atomic E-state index is 5.68. The van der Waals surface area contributed by atoms with Gasteiger partial charge in [0.1, 0.15) is 0 Å². The lowest BCUT2D eigenvalue weighted by Crippen LogP contribution is -2.29. The number of hydrogen-bond donors (Lipinski definition) is 2. The molecule has 1 atom stereocenters. The Morgan fingerprint density at radius 3 is 2.61 bits per heavy atom. The first-order valence-electron chi connectivity index (χ1n) is 5.85. The molecule has 0 aliphatic rings. The molecule has 0 aliphatic carbocycles. The van der Waals surface area contributed by atoms with Crippen LogP contribution in [0.4, 0.5) is 0 Å². The molecule has 0 amide bonds. The van der Waals surface area contributed by atoms with Crippen molar-refractivity contribution in [2.24, 2.45) is 5.84 Å². The highest BCUT2D eigenvalue weighted by Crippen LogP contribution is 2.29. The van der Waals surface area contributed by atoms with E-state index in [9.17, 15) is 0 Å². The predicted octanol–water partition coefficient (Wildman–Crippen LogP) is 3.87. The smallest absolute Gasteiger partial charge is 0.0519 e. The van der Waals surface area contributed by atoms with Crippen LogP contribution in [0.1, 0.15) is 28.3 Å². The largest absolute Gasteiger partial charge is 0.271 e. The number of hydrogen-bond acceptors (Lipinski definition) is 3. The van der Waals surface area contributed by atoms with Crippen LogP contribution in [-0.2, 0) is 6.42 Å². The van der Waals surface area contributed by atoms with Gasteiger partial charge >= 0.3 is 0 Å². The summed E-state index contributed by atoms with van der Waals surface area (Å²) in [5.74, 6) is 5.68. The highest BCUT2D eigenvalue weighted by molar-refractivity contribution is 9.10. The van der Waals surface area contributed by atoms with E-state index in [0.717, 1.165) is 10.9 Å². The number of thiophene rings is 1. The van der Waals surface area contributed by atoms with E-state index in [0.29, 0.717) is 0 Å². The van der Waals surface area contributed by atoms with Gasteiger partial charge in [-0.2, -0.15) is 11.3 Å². The summed E-state index contributed by atoms with van der Waals surface area (Å²) < 4.78 is 1.12. The number of halogens is 1.